The van der Waals surface area contributed by atoms with E-state index >= 15 is 0 Å². The van der Waals surface area contributed by atoms with Gasteiger partial charge in [-0.1, -0.05) is 31.2 Å². The van der Waals surface area contributed by atoms with Crippen LogP contribution >= 0.6 is 0 Å². The fraction of sp³-hybridized carbons (Fsp3) is 0.462. The van der Waals surface area contributed by atoms with Gasteiger partial charge in [0.25, 0.3) is 0 Å². The molecule has 0 amide bonds. The van der Waals surface area contributed by atoms with E-state index < -0.39 is 0 Å². The first kappa shape index (κ1) is 10.4. The van der Waals surface area contributed by atoms with Gasteiger partial charge in [0, 0.05) is 11.8 Å². The normalized spacial score (nSPS) is 18.2. The van der Waals surface area contributed by atoms with Crippen LogP contribution in [0.15, 0.2) is 24.3 Å². The standard InChI is InChI=1S/C13H16O2/c1-13(9-15-10-13)12-6-4-11(5-7-12)3-2-8-14/h4-8H,2-3,9-10H2,1H3. The van der Waals surface area contributed by atoms with Crippen LogP contribution in [0.25, 0.3) is 0 Å². The maximum Gasteiger partial charge on any atom is 0.120 e. The van der Waals surface area contributed by atoms with E-state index in [-0.39, 0.29) is 5.41 Å². The van der Waals surface area contributed by atoms with Crippen molar-refractivity contribution in [2.75, 3.05) is 13.2 Å². The smallest absolute Gasteiger partial charge is 0.120 e. The Balaban J connectivity index is 2.06. The number of carbonyl (C=O) groups excluding carboxylic acids is 1. The maximum absolute atomic E-state index is 10.2. The molecule has 15 heavy (non-hydrogen) atoms. The summed E-state index contributed by atoms with van der Waals surface area (Å²) in [5, 5.41) is 0. The van der Waals surface area contributed by atoms with Crippen molar-refractivity contribution in [2.45, 2.75) is 25.2 Å². The summed E-state index contributed by atoms with van der Waals surface area (Å²) in [7, 11) is 0. The van der Waals surface area contributed by atoms with Crippen LogP contribution in [0.5, 0.6) is 0 Å². The van der Waals surface area contributed by atoms with E-state index in [0.717, 1.165) is 25.9 Å². The zero-order valence-corrected chi connectivity index (χ0v) is 9.03. The second-order valence-corrected chi connectivity index (χ2v) is 4.46. The van der Waals surface area contributed by atoms with Crippen LogP contribution in [0, 0.1) is 0 Å². The number of aryl methyl sites for hydroxylation is 1. The molecule has 2 heteroatoms. The van der Waals surface area contributed by atoms with E-state index in [1.165, 1.54) is 11.1 Å². The molecule has 80 valence electrons. The molecule has 1 fully saturated rings. The minimum Gasteiger partial charge on any atom is -0.379 e. The third kappa shape index (κ3) is 2.10. The fourth-order valence-corrected chi connectivity index (χ4v) is 1.87. The monoisotopic (exact) mass is 204 g/mol. The molecule has 1 aliphatic heterocycles. The van der Waals surface area contributed by atoms with Gasteiger partial charge in [-0.05, 0) is 17.5 Å². The lowest BCUT2D eigenvalue weighted by Gasteiger charge is -2.38. The van der Waals surface area contributed by atoms with Gasteiger partial charge in [0.1, 0.15) is 6.29 Å². The molecule has 0 aromatic heterocycles. The molecule has 0 N–H and O–H groups in total. The van der Waals surface area contributed by atoms with Gasteiger partial charge in [0.05, 0.1) is 13.2 Å². The van der Waals surface area contributed by atoms with Crippen LogP contribution in [0.1, 0.15) is 24.5 Å². The first-order valence-electron chi connectivity index (χ1n) is 5.35. The second kappa shape index (κ2) is 4.15. The SMILES string of the molecule is CC1(c2ccc(CCC=O)cc2)COC1. The predicted octanol–water partition coefficient (Wildman–Crippen LogP) is 2.11. The Morgan fingerprint density at radius 1 is 1.33 bits per heavy atom. The zero-order chi connectivity index (χ0) is 10.7. The van der Waals surface area contributed by atoms with Gasteiger partial charge in [0.2, 0.25) is 0 Å². The Labute approximate surface area is 90.3 Å². The van der Waals surface area contributed by atoms with Crippen molar-refractivity contribution in [3.8, 4) is 0 Å². The van der Waals surface area contributed by atoms with Gasteiger partial charge >= 0.3 is 0 Å². The molecule has 1 heterocycles. The molecule has 2 rings (SSSR count). The summed E-state index contributed by atoms with van der Waals surface area (Å²) in [5.74, 6) is 0. The van der Waals surface area contributed by atoms with Gasteiger partial charge in [-0.2, -0.15) is 0 Å². The molecule has 1 saturated heterocycles. The minimum absolute atomic E-state index is 0.211. The highest BCUT2D eigenvalue weighted by molar-refractivity contribution is 5.50. The van der Waals surface area contributed by atoms with Crippen molar-refractivity contribution in [2.24, 2.45) is 0 Å². The molecular formula is C13H16O2. The molecule has 0 atom stereocenters. The van der Waals surface area contributed by atoms with E-state index in [9.17, 15) is 4.79 Å². The quantitative estimate of drug-likeness (QED) is 0.702. The number of carbonyl (C=O) groups is 1. The number of hydrogen-bond donors (Lipinski definition) is 0. The number of ether oxygens (including phenoxy) is 1. The molecule has 0 spiro atoms. The molecule has 1 aliphatic rings. The first-order chi connectivity index (χ1) is 7.24. The molecule has 0 saturated carbocycles. The predicted molar refractivity (Wildman–Crippen MR) is 59.0 cm³/mol. The Morgan fingerprint density at radius 3 is 2.47 bits per heavy atom. The molecule has 2 nitrogen and oxygen atoms in total. The lowest BCUT2D eigenvalue weighted by molar-refractivity contribution is -0.107. The summed E-state index contributed by atoms with van der Waals surface area (Å²) in [6, 6.07) is 8.54. The zero-order valence-electron chi connectivity index (χ0n) is 9.03. The van der Waals surface area contributed by atoms with Crippen LogP contribution in [0.3, 0.4) is 0 Å². The number of benzene rings is 1. The van der Waals surface area contributed by atoms with Crippen LogP contribution in [0.2, 0.25) is 0 Å². The summed E-state index contributed by atoms with van der Waals surface area (Å²) in [5.41, 5.74) is 2.78. The summed E-state index contributed by atoms with van der Waals surface area (Å²) in [6.45, 7) is 3.86. The van der Waals surface area contributed by atoms with Crippen LogP contribution in [-0.4, -0.2) is 19.5 Å². The second-order valence-electron chi connectivity index (χ2n) is 4.46. The lowest BCUT2D eigenvalue weighted by Crippen LogP contribution is -2.43. The average Bonchev–Trinajstić information content (AvgIpc) is 2.24. The molecular weight excluding hydrogens is 188 g/mol. The van der Waals surface area contributed by atoms with E-state index in [1.54, 1.807) is 0 Å². The topological polar surface area (TPSA) is 26.3 Å². The van der Waals surface area contributed by atoms with Gasteiger partial charge in [-0.15, -0.1) is 0 Å². The van der Waals surface area contributed by atoms with Crippen molar-refractivity contribution < 1.29 is 9.53 Å². The molecule has 0 aliphatic carbocycles. The largest absolute Gasteiger partial charge is 0.379 e. The highest BCUT2D eigenvalue weighted by Crippen LogP contribution is 2.31. The lowest BCUT2D eigenvalue weighted by atomic mass is 9.80. The van der Waals surface area contributed by atoms with Crippen molar-refractivity contribution in [3.63, 3.8) is 0 Å². The molecule has 0 unspecified atom stereocenters. The summed E-state index contributed by atoms with van der Waals surface area (Å²) in [6.07, 6.45) is 2.42. The van der Waals surface area contributed by atoms with E-state index in [0.29, 0.717) is 6.42 Å². The fourth-order valence-electron chi connectivity index (χ4n) is 1.87. The van der Waals surface area contributed by atoms with Gasteiger partial charge in [0.15, 0.2) is 0 Å². The third-order valence-electron chi connectivity index (χ3n) is 3.04. The minimum atomic E-state index is 0.211. The summed E-state index contributed by atoms with van der Waals surface area (Å²) < 4.78 is 5.24. The Morgan fingerprint density at radius 2 is 2.00 bits per heavy atom. The highest BCUT2D eigenvalue weighted by atomic mass is 16.5. The van der Waals surface area contributed by atoms with Gasteiger partial charge < -0.3 is 9.53 Å². The van der Waals surface area contributed by atoms with Crippen LogP contribution in [0.4, 0.5) is 0 Å². The first-order valence-corrected chi connectivity index (χ1v) is 5.35. The van der Waals surface area contributed by atoms with Crippen LogP contribution < -0.4 is 0 Å². The average molecular weight is 204 g/mol. The van der Waals surface area contributed by atoms with Crippen molar-refractivity contribution in [1.29, 1.82) is 0 Å². The van der Waals surface area contributed by atoms with Crippen molar-refractivity contribution >= 4 is 6.29 Å². The number of hydrogen-bond acceptors (Lipinski definition) is 2. The van der Waals surface area contributed by atoms with Gasteiger partial charge in [-0.3, -0.25) is 0 Å². The summed E-state index contributed by atoms with van der Waals surface area (Å²) in [4.78, 5) is 10.2. The van der Waals surface area contributed by atoms with E-state index in [2.05, 4.69) is 31.2 Å². The Hall–Kier alpha value is -1.15. The molecule has 1 aromatic rings. The summed E-state index contributed by atoms with van der Waals surface area (Å²) >= 11 is 0. The van der Waals surface area contributed by atoms with Gasteiger partial charge in [-0.25, -0.2) is 0 Å². The van der Waals surface area contributed by atoms with E-state index in [1.807, 2.05) is 0 Å². The highest BCUT2D eigenvalue weighted by Gasteiger charge is 2.34. The number of rotatable bonds is 4. The van der Waals surface area contributed by atoms with Crippen LogP contribution in [-0.2, 0) is 21.4 Å². The molecule has 0 bridgehead atoms. The Kier molecular flexibility index (Phi) is 2.87. The number of aldehydes is 1. The maximum atomic E-state index is 10.2. The Bertz CT molecular complexity index is 336. The van der Waals surface area contributed by atoms with E-state index in [4.69, 9.17) is 4.74 Å². The molecule has 1 aromatic carbocycles. The molecule has 0 radical (unpaired) electrons. The third-order valence-corrected chi connectivity index (χ3v) is 3.04. The van der Waals surface area contributed by atoms with Crippen molar-refractivity contribution in [3.05, 3.63) is 35.4 Å². The van der Waals surface area contributed by atoms with Crippen molar-refractivity contribution in [1.82, 2.24) is 0 Å².